The molecule has 4 nitrogen and oxygen atoms in total. The average Bonchev–Trinajstić information content (AvgIpc) is 2.79. The van der Waals surface area contributed by atoms with Crippen molar-refractivity contribution in [2.24, 2.45) is 0 Å². The number of aromatic amines is 2. The van der Waals surface area contributed by atoms with E-state index in [1.807, 2.05) is 16.7 Å². The summed E-state index contributed by atoms with van der Waals surface area (Å²) in [6, 6.07) is 9.21. The van der Waals surface area contributed by atoms with Gasteiger partial charge in [0, 0.05) is 13.1 Å². The number of H-pyrrole nitrogens is 2. The molecule has 3 rings (SSSR count). The zero-order valence-electron chi connectivity index (χ0n) is 11.3. The van der Waals surface area contributed by atoms with Gasteiger partial charge in [-0.15, -0.1) is 12.1 Å². The molecular weight excluding hydrogens is 315 g/mol. The van der Waals surface area contributed by atoms with Gasteiger partial charge in [0.15, 0.2) is 9.54 Å². The summed E-state index contributed by atoms with van der Waals surface area (Å²) < 4.78 is 2.96. The Morgan fingerprint density at radius 1 is 1.15 bits per heavy atom. The summed E-state index contributed by atoms with van der Waals surface area (Å²) in [5.41, 5.74) is 2.02. The minimum absolute atomic E-state index is 0. The number of nitrogens with zero attached hydrogens (tertiary/aromatic N) is 2. The maximum absolute atomic E-state index is 5.23. The molecule has 0 spiro atoms. The van der Waals surface area contributed by atoms with E-state index in [1.165, 1.54) is 12.8 Å². The van der Waals surface area contributed by atoms with Crippen molar-refractivity contribution in [2.45, 2.75) is 19.3 Å². The Morgan fingerprint density at radius 2 is 1.90 bits per heavy atom. The Kier molecular flexibility index (Phi) is 6.21. The quantitative estimate of drug-likeness (QED) is 0.480. The maximum Gasteiger partial charge on any atom is 1.00 e. The molecular formula is C13H14KN4S2. The predicted octanol–water partition coefficient (Wildman–Crippen LogP) is 0.549. The van der Waals surface area contributed by atoms with Crippen LogP contribution in [0.4, 0.5) is 5.69 Å². The molecule has 2 heterocycles. The molecule has 1 aliphatic heterocycles. The molecule has 0 bridgehead atoms. The number of rotatable bonds is 2. The molecule has 1 aromatic heterocycles. The first kappa shape index (κ1) is 16.6. The van der Waals surface area contributed by atoms with Crippen LogP contribution >= 0.6 is 24.4 Å². The van der Waals surface area contributed by atoms with Gasteiger partial charge >= 0.3 is 51.4 Å². The Morgan fingerprint density at radius 3 is 2.55 bits per heavy atom. The van der Waals surface area contributed by atoms with E-state index in [0.717, 1.165) is 24.3 Å². The van der Waals surface area contributed by atoms with E-state index in [2.05, 4.69) is 33.8 Å². The molecule has 0 aliphatic carbocycles. The van der Waals surface area contributed by atoms with Crippen LogP contribution in [-0.2, 0) is 0 Å². The summed E-state index contributed by atoms with van der Waals surface area (Å²) in [5.74, 6) is 0. The van der Waals surface area contributed by atoms with Crippen LogP contribution in [-0.4, -0.2) is 21.3 Å². The van der Waals surface area contributed by atoms with Gasteiger partial charge < -0.3 is 4.90 Å². The average molecular weight is 330 g/mol. The van der Waals surface area contributed by atoms with Crippen molar-refractivity contribution in [2.75, 3.05) is 11.4 Å². The van der Waals surface area contributed by atoms with Crippen LogP contribution in [0.2, 0.25) is 0 Å². The second-order valence-electron chi connectivity index (χ2n) is 4.50. The van der Waals surface area contributed by atoms with Crippen LogP contribution in [0.15, 0.2) is 18.2 Å². The summed E-state index contributed by atoms with van der Waals surface area (Å²) in [5, 5.41) is 5.70. The van der Waals surface area contributed by atoms with Crippen molar-refractivity contribution in [3.63, 3.8) is 0 Å². The van der Waals surface area contributed by atoms with E-state index in [0.29, 0.717) is 9.54 Å². The molecule has 0 unspecified atom stereocenters. The van der Waals surface area contributed by atoms with Crippen LogP contribution in [0.1, 0.15) is 19.3 Å². The largest absolute Gasteiger partial charge is 1.00 e. The van der Waals surface area contributed by atoms with Gasteiger partial charge in [0.2, 0.25) is 0 Å². The fourth-order valence-electron chi connectivity index (χ4n) is 2.28. The minimum Gasteiger partial charge on any atom is -0.389 e. The van der Waals surface area contributed by atoms with Crippen LogP contribution in [0.5, 0.6) is 0 Å². The third-order valence-electron chi connectivity index (χ3n) is 3.22. The summed E-state index contributed by atoms with van der Waals surface area (Å²) in [6.45, 7) is 3.28. The molecule has 2 N–H and O–H groups in total. The second-order valence-corrected chi connectivity index (χ2v) is 5.27. The first-order valence-electron chi connectivity index (χ1n) is 6.27. The zero-order valence-corrected chi connectivity index (χ0v) is 16.1. The predicted molar refractivity (Wildman–Crippen MR) is 80.5 cm³/mol. The van der Waals surface area contributed by atoms with Gasteiger partial charge in [-0.25, -0.2) is 0 Å². The summed E-state index contributed by atoms with van der Waals surface area (Å²) in [4.78, 5) is 2.25. The van der Waals surface area contributed by atoms with Gasteiger partial charge in [0.05, 0.1) is 0 Å². The third-order valence-corrected chi connectivity index (χ3v) is 3.79. The minimum atomic E-state index is 0. The fraction of sp³-hybridized carbons (Fsp3) is 0.308. The third kappa shape index (κ3) is 3.52. The van der Waals surface area contributed by atoms with Crippen LogP contribution < -0.4 is 56.3 Å². The van der Waals surface area contributed by atoms with Gasteiger partial charge in [-0.3, -0.25) is 14.8 Å². The van der Waals surface area contributed by atoms with Crippen LogP contribution in [0.3, 0.4) is 0 Å². The molecule has 1 fully saturated rings. The maximum atomic E-state index is 5.23. The number of aromatic nitrogens is 3. The Bertz CT molecular complexity index is 654. The molecule has 99 valence electrons. The smallest absolute Gasteiger partial charge is 0.389 e. The Balaban J connectivity index is 0.00000147. The number of hydrogen-bond acceptors (Lipinski definition) is 3. The van der Waals surface area contributed by atoms with E-state index in [1.54, 1.807) is 0 Å². The molecule has 0 saturated carbocycles. The van der Waals surface area contributed by atoms with Gasteiger partial charge in [-0.05, 0) is 43.7 Å². The van der Waals surface area contributed by atoms with Crippen LogP contribution in [0.25, 0.3) is 5.69 Å². The number of anilines is 1. The Hall–Kier alpha value is 0.236. The van der Waals surface area contributed by atoms with Gasteiger partial charge in [-0.2, -0.15) is 12.1 Å². The molecule has 7 heteroatoms. The molecule has 1 radical (unpaired) electrons. The number of nitrogens with one attached hydrogen (secondary N) is 2. The molecule has 1 saturated heterocycles. The molecule has 0 amide bonds. The second kappa shape index (κ2) is 7.48. The van der Waals surface area contributed by atoms with Crippen LogP contribution in [0, 0.1) is 22.2 Å². The summed E-state index contributed by atoms with van der Waals surface area (Å²) in [7, 11) is 0. The van der Waals surface area contributed by atoms with Crippen molar-refractivity contribution in [1.82, 2.24) is 14.8 Å². The van der Waals surface area contributed by atoms with E-state index >= 15 is 0 Å². The number of hydrogen-bond donors (Lipinski definition) is 2. The van der Waals surface area contributed by atoms with Gasteiger partial charge in [-0.1, -0.05) is 11.4 Å². The first-order valence-corrected chi connectivity index (χ1v) is 7.09. The molecule has 20 heavy (non-hydrogen) atoms. The number of piperidine rings is 1. The Labute approximate surface area is 171 Å². The van der Waals surface area contributed by atoms with Crippen molar-refractivity contribution in [3.8, 4) is 5.69 Å². The van der Waals surface area contributed by atoms with E-state index in [-0.39, 0.29) is 51.4 Å². The summed E-state index contributed by atoms with van der Waals surface area (Å²) in [6.07, 6.45) is 3.62. The molecule has 1 aliphatic rings. The molecule has 0 atom stereocenters. The normalized spacial score (nSPS) is 14.9. The van der Waals surface area contributed by atoms with Crippen molar-refractivity contribution < 1.29 is 51.4 Å². The number of benzene rings is 1. The van der Waals surface area contributed by atoms with Crippen molar-refractivity contribution in [3.05, 3.63) is 40.4 Å². The van der Waals surface area contributed by atoms with E-state index in [4.69, 9.17) is 24.4 Å². The molecule has 1 aromatic carbocycles. The first-order chi connectivity index (χ1) is 9.25. The van der Waals surface area contributed by atoms with E-state index in [9.17, 15) is 0 Å². The summed E-state index contributed by atoms with van der Waals surface area (Å²) >= 11 is 10.5. The van der Waals surface area contributed by atoms with E-state index < -0.39 is 0 Å². The van der Waals surface area contributed by atoms with Crippen molar-refractivity contribution >= 4 is 30.1 Å². The standard InChI is InChI=1S/C13H14N4S2.K/c18-12-14-15-13(19)17(12)11-6-4-5-10(9-11)16-7-2-1-3-8-16;/h4,6-7,9H,1-3,8H2,(H,14,18)(H,15,19);/q-1;+1. The fourth-order valence-corrected chi connectivity index (χ4v) is 2.83. The zero-order chi connectivity index (χ0) is 13.2. The van der Waals surface area contributed by atoms with Gasteiger partial charge in [0.1, 0.15) is 0 Å². The monoisotopic (exact) mass is 329 g/mol. The van der Waals surface area contributed by atoms with Crippen molar-refractivity contribution in [1.29, 1.82) is 0 Å². The topological polar surface area (TPSA) is 39.8 Å². The SMILES string of the molecule is S=c1[nH][nH]c(=S)n1-c1cc[c-]c(N2[CH]CCCC2)c1.[K+]. The van der Waals surface area contributed by atoms with Gasteiger partial charge in [0.25, 0.3) is 0 Å². The molecule has 2 aromatic rings.